The van der Waals surface area contributed by atoms with E-state index in [1.165, 1.54) is 6.21 Å². The lowest BCUT2D eigenvalue weighted by Gasteiger charge is -2.05. The van der Waals surface area contributed by atoms with Crippen molar-refractivity contribution >= 4 is 58.5 Å². The molecule has 8 heteroatoms. The molecule has 0 fully saturated rings. The van der Waals surface area contributed by atoms with Crippen molar-refractivity contribution in [1.29, 1.82) is 0 Å². The molecule has 2 aromatic carbocycles. The van der Waals surface area contributed by atoms with Gasteiger partial charge in [0, 0.05) is 5.56 Å². The summed E-state index contributed by atoms with van der Waals surface area (Å²) in [5.74, 6) is -1.84. The highest BCUT2D eigenvalue weighted by Crippen LogP contribution is 2.24. The van der Waals surface area contributed by atoms with E-state index in [4.69, 9.17) is 34.8 Å². The Hall–Kier alpha value is -2.08. The van der Waals surface area contributed by atoms with Crippen LogP contribution >= 0.6 is 34.8 Å². The normalized spacial score (nSPS) is 10.6. The number of amides is 2. The molecule has 0 aromatic heterocycles. The number of halogens is 3. The molecule has 0 aliphatic carbocycles. The number of nitrogens with zero attached hydrogens (tertiary/aromatic N) is 1. The van der Waals surface area contributed by atoms with Crippen LogP contribution in [-0.4, -0.2) is 18.0 Å². The fourth-order valence-corrected chi connectivity index (χ4v) is 2.11. The zero-order chi connectivity index (χ0) is 16.8. The first-order chi connectivity index (χ1) is 11.0. The van der Waals surface area contributed by atoms with Gasteiger partial charge in [0.25, 0.3) is 0 Å². The number of carbonyl (C=O) groups excluding carboxylic acids is 2. The van der Waals surface area contributed by atoms with E-state index in [2.05, 4.69) is 15.8 Å². The number of hydrogen-bond acceptors (Lipinski definition) is 3. The zero-order valence-electron chi connectivity index (χ0n) is 11.5. The zero-order valence-corrected chi connectivity index (χ0v) is 13.8. The van der Waals surface area contributed by atoms with Crippen molar-refractivity contribution in [3.63, 3.8) is 0 Å². The highest BCUT2D eigenvalue weighted by Gasteiger charge is 2.14. The van der Waals surface area contributed by atoms with E-state index in [-0.39, 0.29) is 0 Å². The Bertz CT molecular complexity index is 778. The molecular formula is C15H10Cl3N3O2. The summed E-state index contributed by atoms with van der Waals surface area (Å²) < 4.78 is 0. The van der Waals surface area contributed by atoms with Gasteiger partial charge in [-0.15, -0.1) is 0 Å². The van der Waals surface area contributed by atoms with Crippen LogP contribution in [0.15, 0.2) is 47.6 Å². The largest absolute Gasteiger partial charge is 0.329 e. The van der Waals surface area contributed by atoms with Gasteiger partial charge in [-0.25, -0.2) is 5.43 Å². The summed E-state index contributed by atoms with van der Waals surface area (Å²) >= 11 is 17.7. The number of rotatable bonds is 3. The van der Waals surface area contributed by atoms with Crippen LogP contribution in [0.1, 0.15) is 5.56 Å². The molecule has 0 spiro atoms. The van der Waals surface area contributed by atoms with Crippen molar-refractivity contribution < 1.29 is 9.59 Å². The van der Waals surface area contributed by atoms with Gasteiger partial charge < -0.3 is 5.32 Å². The maximum atomic E-state index is 11.7. The first kappa shape index (κ1) is 17.3. The molecule has 0 saturated carbocycles. The minimum absolute atomic E-state index is 0.299. The number of anilines is 1. The molecule has 2 aromatic rings. The maximum absolute atomic E-state index is 11.7. The number of hydrogen-bond donors (Lipinski definition) is 2. The summed E-state index contributed by atoms with van der Waals surface area (Å²) in [5.41, 5.74) is 2.93. The van der Waals surface area contributed by atoms with E-state index < -0.39 is 11.8 Å². The quantitative estimate of drug-likeness (QED) is 0.491. The second-order valence-electron chi connectivity index (χ2n) is 4.28. The van der Waals surface area contributed by atoms with E-state index in [1.54, 1.807) is 42.5 Å². The van der Waals surface area contributed by atoms with Gasteiger partial charge in [0.05, 0.1) is 27.0 Å². The minimum atomic E-state index is -0.945. The molecule has 2 amide bonds. The highest BCUT2D eigenvalue weighted by molar-refractivity contribution is 6.43. The van der Waals surface area contributed by atoms with E-state index >= 15 is 0 Å². The third-order valence-electron chi connectivity index (χ3n) is 2.68. The molecule has 0 radical (unpaired) electrons. The summed E-state index contributed by atoms with van der Waals surface area (Å²) in [6, 6.07) is 11.5. The van der Waals surface area contributed by atoms with Gasteiger partial charge in [-0.2, -0.15) is 5.10 Å². The Kier molecular flexibility index (Phi) is 5.98. The van der Waals surface area contributed by atoms with Crippen LogP contribution in [0.25, 0.3) is 0 Å². The molecule has 0 aliphatic rings. The highest BCUT2D eigenvalue weighted by atomic mass is 35.5. The average molecular weight is 371 g/mol. The van der Waals surface area contributed by atoms with Gasteiger partial charge in [-0.05, 0) is 18.2 Å². The number of benzene rings is 2. The Balaban J connectivity index is 1.96. The van der Waals surface area contributed by atoms with Crippen molar-refractivity contribution in [3.8, 4) is 0 Å². The predicted molar refractivity (Wildman–Crippen MR) is 92.3 cm³/mol. The maximum Gasteiger partial charge on any atom is 0.329 e. The van der Waals surface area contributed by atoms with Gasteiger partial charge in [0.15, 0.2) is 0 Å². The van der Waals surface area contributed by atoms with Crippen molar-refractivity contribution in [2.24, 2.45) is 5.10 Å². The molecule has 0 saturated heterocycles. The minimum Gasteiger partial charge on any atom is -0.316 e. The number of nitrogens with one attached hydrogen (secondary N) is 2. The smallest absolute Gasteiger partial charge is 0.316 e. The van der Waals surface area contributed by atoms with E-state index in [1.807, 2.05) is 0 Å². The topological polar surface area (TPSA) is 70.6 Å². The summed E-state index contributed by atoms with van der Waals surface area (Å²) in [5, 5.41) is 7.02. The monoisotopic (exact) mass is 369 g/mol. The summed E-state index contributed by atoms with van der Waals surface area (Å²) in [6.07, 6.45) is 1.29. The molecule has 0 atom stereocenters. The summed E-state index contributed by atoms with van der Waals surface area (Å²) in [7, 11) is 0. The molecule has 0 aliphatic heterocycles. The van der Waals surface area contributed by atoms with Crippen molar-refractivity contribution in [3.05, 3.63) is 63.1 Å². The fourth-order valence-electron chi connectivity index (χ4n) is 1.57. The molecule has 0 unspecified atom stereocenters. The van der Waals surface area contributed by atoms with Crippen LogP contribution in [-0.2, 0) is 9.59 Å². The lowest BCUT2D eigenvalue weighted by molar-refractivity contribution is -0.136. The third kappa shape index (κ3) is 4.69. The number of para-hydroxylation sites is 1. The van der Waals surface area contributed by atoms with Crippen molar-refractivity contribution in [1.82, 2.24) is 5.43 Å². The van der Waals surface area contributed by atoms with Crippen LogP contribution in [0.5, 0.6) is 0 Å². The fraction of sp³-hybridized carbons (Fsp3) is 0. The van der Waals surface area contributed by atoms with Gasteiger partial charge in [-0.1, -0.05) is 59.1 Å². The number of carbonyl (C=O) groups is 2. The van der Waals surface area contributed by atoms with Crippen LogP contribution < -0.4 is 10.7 Å². The lowest BCUT2D eigenvalue weighted by Crippen LogP contribution is -2.32. The Labute approximate surface area is 147 Å². The Morgan fingerprint density at radius 1 is 0.913 bits per heavy atom. The second kappa shape index (κ2) is 7.97. The van der Waals surface area contributed by atoms with Crippen LogP contribution in [0.2, 0.25) is 15.1 Å². The molecule has 0 bridgehead atoms. The Morgan fingerprint density at radius 3 is 2.35 bits per heavy atom. The van der Waals surface area contributed by atoms with Crippen LogP contribution in [0, 0.1) is 0 Å². The SMILES string of the molecule is O=C(N/N=C\c1cccc(Cl)c1Cl)C(=O)Nc1ccccc1Cl. The second-order valence-corrected chi connectivity index (χ2v) is 5.47. The average Bonchev–Trinajstić information content (AvgIpc) is 2.53. The van der Waals surface area contributed by atoms with Gasteiger partial charge in [0.2, 0.25) is 0 Å². The first-order valence-corrected chi connectivity index (χ1v) is 7.45. The molecular weight excluding hydrogens is 361 g/mol. The standard InChI is InChI=1S/C15H10Cl3N3O2/c16-10-5-1-2-7-12(10)20-14(22)15(23)21-19-8-9-4-3-6-11(17)13(9)18/h1-8H,(H,20,22)(H,21,23)/b19-8-. The Morgan fingerprint density at radius 2 is 1.61 bits per heavy atom. The molecule has 118 valence electrons. The predicted octanol–water partition coefficient (Wildman–Crippen LogP) is 3.74. The van der Waals surface area contributed by atoms with Gasteiger partial charge in [-0.3, -0.25) is 9.59 Å². The molecule has 2 N–H and O–H groups in total. The van der Waals surface area contributed by atoms with E-state index in [9.17, 15) is 9.59 Å². The third-order valence-corrected chi connectivity index (χ3v) is 3.84. The van der Waals surface area contributed by atoms with E-state index in [0.29, 0.717) is 26.3 Å². The molecule has 2 rings (SSSR count). The van der Waals surface area contributed by atoms with Gasteiger partial charge >= 0.3 is 11.8 Å². The van der Waals surface area contributed by atoms with Crippen LogP contribution in [0.3, 0.4) is 0 Å². The van der Waals surface area contributed by atoms with Crippen molar-refractivity contribution in [2.45, 2.75) is 0 Å². The molecule has 5 nitrogen and oxygen atoms in total. The lowest BCUT2D eigenvalue weighted by atomic mass is 10.2. The van der Waals surface area contributed by atoms with E-state index in [0.717, 1.165) is 0 Å². The van der Waals surface area contributed by atoms with Crippen molar-refractivity contribution in [2.75, 3.05) is 5.32 Å². The summed E-state index contributed by atoms with van der Waals surface area (Å²) in [6.45, 7) is 0. The van der Waals surface area contributed by atoms with Gasteiger partial charge in [0.1, 0.15) is 0 Å². The van der Waals surface area contributed by atoms with Crippen LogP contribution in [0.4, 0.5) is 5.69 Å². The summed E-state index contributed by atoms with van der Waals surface area (Å²) in [4.78, 5) is 23.4. The molecule has 23 heavy (non-hydrogen) atoms. The number of hydrazone groups is 1. The first-order valence-electron chi connectivity index (χ1n) is 6.32. The molecule has 0 heterocycles.